The normalized spacial score (nSPS) is 28.1. The van der Waals surface area contributed by atoms with Crippen molar-refractivity contribution in [3.8, 4) is 11.5 Å². The van der Waals surface area contributed by atoms with Crippen molar-refractivity contribution in [2.45, 2.75) is 38.9 Å². The number of hydrogen-bond donors (Lipinski definition) is 1. The second kappa shape index (κ2) is 5.62. The third kappa shape index (κ3) is 2.63. The van der Waals surface area contributed by atoms with E-state index < -0.39 is 0 Å². The zero-order chi connectivity index (χ0) is 14.1. The van der Waals surface area contributed by atoms with E-state index in [-0.39, 0.29) is 0 Å². The van der Waals surface area contributed by atoms with E-state index in [0.29, 0.717) is 31.3 Å². The average Bonchev–Trinajstić information content (AvgIpc) is 2.48. The van der Waals surface area contributed by atoms with Gasteiger partial charge in [0, 0.05) is 31.2 Å². The number of ether oxygens (including phenoxy) is 2. The fourth-order valence-corrected chi connectivity index (χ4v) is 3.10. The summed E-state index contributed by atoms with van der Waals surface area (Å²) in [4.78, 5) is 2.56. The van der Waals surface area contributed by atoms with E-state index in [1.165, 1.54) is 5.56 Å². The summed E-state index contributed by atoms with van der Waals surface area (Å²) in [5.74, 6) is 1.75. The molecule has 2 heterocycles. The molecule has 0 aromatic heterocycles. The van der Waals surface area contributed by atoms with Crippen LogP contribution in [-0.2, 0) is 0 Å². The zero-order valence-electron chi connectivity index (χ0n) is 12.6. The van der Waals surface area contributed by atoms with Gasteiger partial charge in [-0.25, -0.2) is 0 Å². The van der Waals surface area contributed by atoms with Gasteiger partial charge in [0.15, 0.2) is 11.5 Å². The number of nitrogens with zero attached hydrogens (tertiary/aromatic N) is 1. The Labute approximate surface area is 121 Å². The highest BCUT2D eigenvalue weighted by molar-refractivity contribution is 5.44. The Balaban J connectivity index is 1.80. The molecule has 3 unspecified atom stereocenters. The second-order valence-corrected chi connectivity index (χ2v) is 5.93. The third-order valence-electron chi connectivity index (χ3n) is 4.36. The molecule has 0 spiro atoms. The Morgan fingerprint density at radius 2 is 1.95 bits per heavy atom. The highest BCUT2D eigenvalue weighted by Crippen LogP contribution is 2.34. The van der Waals surface area contributed by atoms with E-state index >= 15 is 0 Å². The van der Waals surface area contributed by atoms with Crippen LogP contribution in [0.4, 0.5) is 0 Å². The molecule has 4 nitrogen and oxygen atoms in total. The molecule has 0 bridgehead atoms. The molecule has 1 N–H and O–H groups in total. The van der Waals surface area contributed by atoms with Gasteiger partial charge in [0.05, 0.1) is 0 Å². The number of fused-ring (bicyclic) bond motifs is 1. The van der Waals surface area contributed by atoms with Gasteiger partial charge < -0.3 is 14.8 Å². The highest BCUT2D eigenvalue weighted by atomic mass is 16.6. The lowest BCUT2D eigenvalue weighted by Gasteiger charge is -2.41. The molecule has 1 saturated heterocycles. The summed E-state index contributed by atoms with van der Waals surface area (Å²) in [6.45, 7) is 10.2. The zero-order valence-corrected chi connectivity index (χ0v) is 12.6. The first-order valence-electron chi connectivity index (χ1n) is 7.54. The van der Waals surface area contributed by atoms with Gasteiger partial charge >= 0.3 is 0 Å². The van der Waals surface area contributed by atoms with E-state index in [2.05, 4.69) is 43.1 Å². The molecule has 4 heteroatoms. The maximum atomic E-state index is 5.69. The number of benzene rings is 1. The molecule has 20 heavy (non-hydrogen) atoms. The van der Waals surface area contributed by atoms with Gasteiger partial charge in [-0.1, -0.05) is 6.07 Å². The predicted octanol–water partition coefficient (Wildman–Crippen LogP) is 2.20. The lowest BCUT2D eigenvalue weighted by atomic mass is 10.0. The molecule has 1 fully saturated rings. The van der Waals surface area contributed by atoms with E-state index in [1.54, 1.807) is 0 Å². The maximum Gasteiger partial charge on any atom is 0.161 e. The summed E-state index contributed by atoms with van der Waals surface area (Å²) in [5, 5.41) is 3.53. The molecule has 0 amide bonds. The van der Waals surface area contributed by atoms with Crippen molar-refractivity contribution < 1.29 is 9.47 Å². The van der Waals surface area contributed by atoms with Crippen LogP contribution in [0.2, 0.25) is 0 Å². The minimum Gasteiger partial charge on any atom is -0.486 e. The molecule has 3 rings (SSSR count). The molecule has 2 aliphatic rings. The second-order valence-electron chi connectivity index (χ2n) is 5.93. The SMILES string of the molecule is CC1CN(C(C)c2ccc3c(c2)OCCO3)C(C)CN1. The fourth-order valence-electron chi connectivity index (χ4n) is 3.10. The lowest BCUT2D eigenvalue weighted by molar-refractivity contribution is 0.103. The molecule has 1 aromatic carbocycles. The number of piperazine rings is 1. The Morgan fingerprint density at radius 3 is 2.75 bits per heavy atom. The molecule has 0 radical (unpaired) electrons. The summed E-state index contributed by atoms with van der Waals surface area (Å²) in [6.07, 6.45) is 0. The molecule has 3 atom stereocenters. The minimum absolute atomic E-state index is 0.394. The van der Waals surface area contributed by atoms with E-state index in [0.717, 1.165) is 24.6 Å². The van der Waals surface area contributed by atoms with Crippen LogP contribution < -0.4 is 14.8 Å². The van der Waals surface area contributed by atoms with Crippen LogP contribution in [0.1, 0.15) is 32.4 Å². The first-order valence-corrected chi connectivity index (χ1v) is 7.54. The number of rotatable bonds is 2. The Kier molecular flexibility index (Phi) is 3.85. The Hall–Kier alpha value is -1.26. The summed E-state index contributed by atoms with van der Waals surface area (Å²) >= 11 is 0. The molecular weight excluding hydrogens is 252 g/mol. The van der Waals surface area contributed by atoms with Crippen molar-refractivity contribution in [2.24, 2.45) is 0 Å². The minimum atomic E-state index is 0.394. The lowest BCUT2D eigenvalue weighted by Crippen LogP contribution is -2.54. The monoisotopic (exact) mass is 276 g/mol. The molecule has 110 valence electrons. The maximum absolute atomic E-state index is 5.69. The Morgan fingerprint density at radius 1 is 1.20 bits per heavy atom. The van der Waals surface area contributed by atoms with Gasteiger partial charge in [0.1, 0.15) is 13.2 Å². The topological polar surface area (TPSA) is 33.7 Å². The standard InChI is InChI=1S/C16H24N2O2/c1-11-10-18(12(2)9-17-11)13(3)14-4-5-15-16(8-14)20-7-6-19-15/h4-5,8,11-13,17H,6-7,9-10H2,1-3H3. The van der Waals surface area contributed by atoms with E-state index in [4.69, 9.17) is 9.47 Å². The highest BCUT2D eigenvalue weighted by Gasteiger charge is 2.27. The molecule has 0 saturated carbocycles. The van der Waals surface area contributed by atoms with Crippen molar-refractivity contribution in [1.29, 1.82) is 0 Å². The van der Waals surface area contributed by atoms with Crippen LogP contribution >= 0.6 is 0 Å². The smallest absolute Gasteiger partial charge is 0.161 e. The van der Waals surface area contributed by atoms with Gasteiger partial charge in [-0.15, -0.1) is 0 Å². The quantitative estimate of drug-likeness (QED) is 0.898. The van der Waals surface area contributed by atoms with E-state index in [9.17, 15) is 0 Å². The first kappa shape index (κ1) is 13.7. The van der Waals surface area contributed by atoms with Crippen molar-refractivity contribution in [2.75, 3.05) is 26.3 Å². The summed E-state index contributed by atoms with van der Waals surface area (Å²) in [5.41, 5.74) is 1.30. The first-order chi connectivity index (χ1) is 9.65. The van der Waals surface area contributed by atoms with Gasteiger partial charge in [-0.05, 0) is 38.5 Å². The number of hydrogen-bond acceptors (Lipinski definition) is 4. The van der Waals surface area contributed by atoms with Crippen LogP contribution in [0.25, 0.3) is 0 Å². The summed E-state index contributed by atoms with van der Waals surface area (Å²) in [7, 11) is 0. The van der Waals surface area contributed by atoms with Gasteiger partial charge in [0.25, 0.3) is 0 Å². The molecule has 2 aliphatic heterocycles. The number of nitrogens with one attached hydrogen (secondary N) is 1. The largest absolute Gasteiger partial charge is 0.486 e. The van der Waals surface area contributed by atoms with Crippen molar-refractivity contribution in [3.63, 3.8) is 0 Å². The molecule has 1 aromatic rings. The van der Waals surface area contributed by atoms with Crippen LogP contribution in [0.3, 0.4) is 0 Å². The van der Waals surface area contributed by atoms with Gasteiger partial charge in [-0.3, -0.25) is 4.90 Å². The summed E-state index contributed by atoms with van der Waals surface area (Å²) in [6, 6.07) is 7.83. The summed E-state index contributed by atoms with van der Waals surface area (Å²) < 4.78 is 11.3. The molecule has 0 aliphatic carbocycles. The van der Waals surface area contributed by atoms with Crippen LogP contribution in [0.5, 0.6) is 11.5 Å². The molecular formula is C16H24N2O2. The Bertz CT molecular complexity index is 478. The average molecular weight is 276 g/mol. The van der Waals surface area contributed by atoms with Crippen molar-refractivity contribution >= 4 is 0 Å². The van der Waals surface area contributed by atoms with Gasteiger partial charge in [0.2, 0.25) is 0 Å². The van der Waals surface area contributed by atoms with Crippen LogP contribution in [0.15, 0.2) is 18.2 Å². The van der Waals surface area contributed by atoms with Crippen LogP contribution in [0, 0.1) is 0 Å². The third-order valence-corrected chi connectivity index (χ3v) is 4.36. The fraction of sp³-hybridized carbons (Fsp3) is 0.625. The van der Waals surface area contributed by atoms with E-state index in [1.807, 2.05) is 6.07 Å². The predicted molar refractivity (Wildman–Crippen MR) is 79.5 cm³/mol. The van der Waals surface area contributed by atoms with Crippen LogP contribution in [-0.4, -0.2) is 43.3 Å². The van der Waals surface area contributed by atoms with Gasteiger partial charge in [-0.2, -0.15) is 0 Å². The van der Waals surface area contributed by atoms with Crippen molar-refractivity contribution in [1.82, 2.24) is 10.2 Å². The van der Waals surface area contributed by atoms with Crippen molar-refractivity contribution in [3.05, 3.63) is 23.8 Å².